The van der Waals surface area contributed by atoms with E-state index in [1.807, 2.05) is 0 Å². The molecule has 0 aliphatic carbocycles. The first-order valence-corrected chi connectivity index (χ1v) is 8.30. The van der Waals surface area contributed by atoms with Crippen molar-refractivity contribution in [3.63, 3.8) is 0 Å². The van der Waals surface area contributed by atoms with Gasteiger partial charge in [0.15, 0.2) is 5.82 Å². The van der Waals surface area contributed by atoms with E-state index in [0.29, 0.717) is 12.1 Å². The maximum absolute atomic E-state index is 13.4. The second-order valence-electron chi connectivity index (χ2n) is 5.95. The van der Waals surface area contributed by atoms with E-state index in [9.17, 15) is 30.7 Å². The summed E-state index contributed by atoms with van der Waals surface area (Å²) in [5.41, 5.74) is 0.242. The third kappa shape index (κ3) is 5.87. The van der Waals surface area contributed by atoms with Crippen molar-refractivity contribution >= 4 is 23.5 Å². The van der Waals surface area contributed by atoms with Crippen LogP contribution in [0.1, 0.15) is 16.8 Å². The highest BCUT2D eigenvalue weighted by atomic mass is 19.4. The van der Waals surface area contributed by atoms with Crippen LogP contribution in [0.15, 0.2) is 54.0 Å². The molecule has 6 nitrogen and oxygen atoms in total. The van der Waals surface area contributed by atoms with E-state index >= 15 is 0 Å². The molecule has 0 spiro atoms. The molecule has 3 aromatic rings. The van der Waals surface area contributed by atoms with Gasteiger partial charge in [0, 0.05) is 23.5 Å². The lowest BCUT2D eigenvalue weighted by Gasteiger charge is -2.11. The Morgan fingerprint density at radius 2 is 1.58 bits per heavy atom. The molecule has 0 fully saturated rings. The lowest BCUT2D eigenvalue weighted by Crippen LogP contribution is -2.09. The summed E-state index contributed by atoms with van der Waals surface area (Å²) in [7, 11) is 0. The summed E-state index contributed by atoms with van der Waals surface area (Å²) in [5, 5.41) is 6.38. The van der Waals surface area contributed by atoms with Gasteiger partial charge in [0.2, 0.25) is 0 Å². The second-order valence-corrected chi connectivity index (χ2v) is 5.95. The van der Waals surface area contributed by atoms with E-state index in [4.69, 9.17) is 0 Å². The van der Waals surface area contributed by atoms with Gasteiger partial charge in [0.05, 0.1) is 11.8 Å². The Morgan fingerprint density at radius 3 is 2.23 bits per heavy atom. The maximum Gasteiger partial charge on any atom is 0.433 e. The smallest absolute Gasteiger partial charge is 0.340 e. The molecule has 2 heterocycles. The molecule has 1 aromatic carbocycles. The quantitative estimate of drug-likeness (QED) is 0.320. The number of hydrazone groups is 1. The van der Waals surface area contributed by atoms with Crippen LogP contribution in [0.4, 0.5) is 48.1 Å². The molecule has 0 radical (unpaired) electrons. The number of nitrogens with zero attached hydrogens (tertiary/aromatic N) is 4. The van der Waals surface area contributed by atoms with Crippen molar-refractivity contribution in [2.24, 2.45) is 5.10 Å². The number of alkyl halides is 6. The highest BCUT2D eigenvalue weighted by molar-refractivity contribution is 5.79. The van der Waals surface area contributed by atoms with Crippen molar-refractivity contribution < 1.29 is 30.7 Å². The van der Waals surface area contributed by atoms with Crippen LogP contribution in [-0.2, 0) is 12.4 Å². The molecule has 13 heteroatoms. The maximum atomic E-state index is 13.4. The van der Waals surface area contributed by atoms with Crippen LogP contribution in [0.3, 0.4) is 0 Å². The van der Waals surface area contributed by atoms with Crippen LogP contribution in [0.2, 0.25) is 0 Å². The van der Waals surface area contributed by atoms with E-state index in [1.165, 1.54) is 18.3 Å². The van der Waals surface area contributed by atoms with E-state index in [0.717, 1.165) is 24.7 Å². The first-order chi connectivity index (χ1) is 14.5. The number of aromatic nitrogens is 3. The van der Waals surface area contributed by atoms with E-state index in [-0.39, 0.29) is 22.9 Å². The average molecular weight is 444 g/mol. The minimum atomic E-state index is -4.86. The molecule has 0 amide bonds. The van der Waals surface area contributed by atoms with Crippen LogP contribution in [0, 0.1) is 5.82 Å². The predicted octanol–water partition coefficient (Wildman–Crippen LogP) is 5.24. The molecule has 0 aliphatic rings. The minimum Gasteiger partial charge on any atom is -0.340 e. The Bertz CT molecular complexity index is 1080. The first kappa shape index (κ1) is 21.9. The van der Waals surface area contributed by atoms with Crippen LogP contribution < -0.4 is 10.7 Å². The SMILES string of the molecule is Fc1ccc(Nc2cc(N/N=C/c3ccc(C(F)(F)F)nc3)ncn2)cc1C(F)(F)F. The van der Waals surface area contributed by atoms with Crippen LogP contribution in [0.25, 0.3) is 0 Å². The molecule has 162 valence electrons. The molecule has 0 saturated heterocycles. The zero-order chi connectivity index (χ0) is 22.6. The molecule has 0 bridgehead atoms. The molecule has 3 rings (SSSR count). The normalized spacial score (nSPS) is 12.2. The number of rotatable bonds is 5. The predicted molar refractivity (Wildman–Crippen MR) is 97.2 cm³/mol. The number of anilines is 3. The summed E-state index contributed by atoms with van der Waals surface area (Å²) in [5.74, 6) is -1.19. The lowest BCUT2D eigenvalue weighted by atomic mass is 10.2. The van der Waals surface area contributed by atoms with Crippen molar-refractivity contribution in [3.8, 4) is 0 Å². The number of hydrogen-bond acceptors (Lipinski definition) is 6. The van der Waals surface area contributed by atoms with Crippen molar-refractivity contribution in [1.29, 1.82) is 0 Å². The number of benzene rings is 1. The van der Waals surface area contributed by atoms with E-state index in [1.54, 1.807) is 0 Å². The summed E-state index contributed by atoms with van der Waals surface area (Å²) in [6.45, 7) is 0. The molecule has 0 atom stereocenters. The molecule has 31 heavy (non-hydrogen) atoms. The topological polar surface area (TPSA) is 75.1 Å². The summed E-state index contributed by atoms with van der Waals surface area (Å²) < 4.78 is 89.3. The second kappa shape index (κ2) is 8.53. The zero-order valence-corrected chi connectivity index (χ0v) is 15.1. The van der Waals surface area contributed by atoms with Gasteiger partial charge in [-0.2, -0.15) is 31.4 Å². The molecular weight excluding hydrogens is 433 g/mol. The molecule has 0 unspecified atom stereocenters. The van der Waals surface area contributed by atoms with E-state index in [2.05, 4.69) is 30.8 Å². The minimum absolute atomic E-state index is 0.0577. The fraction of sp³-hybridized carbons (Fsp3) is 0.111. The number of halogens is 7. The van der Waals surface area contributed by atoms with Crippen LogP contribution >= 0.6 is 0 Å². The lowest BCUT2D eigenvalue weighted by molar-refractivity contribution is -0.141. The highest BCUT2D eigenvalue weighted by Gasteiger charge is 2.34. The van der Waals surface area contributed by atoms with Crippen molar-refractivity contribution in [2.75, 3.05) is 10.7 Å². The van der Waals surface area contributed by atoms with Gasteiger partial charge >= 0.3 is 12.4 Å². The van der Waals surface area contributed by atoms with Gasteiger partial charge in [-0.1, -0.05) is 0 Å². The van der Waals surface area contributed by atoms with E-state index < -0.39 is 29.4 Å². The molecule has 0 aliphatic heterocycles. The van der Waals surface area contributed by atoms with Gasteiger partial charge in [-0.15, -0.1) is 0 Å². The first-order valence-electron chi connectivity index (χ1n) is 8.30. The van der Waals surface area contributed by atoms with Crippen LogP contribution in [-0.4, -0.2) is 21.2 Å². The Morgan fingerprint density at radius 1 is 0.839 bits per heavy atom. The number of hydrogen-bond donors (Lipinski definition) is 2. The Kier molecular flexibility index (Phi) is 6.04. The summed E-state index contributed by atoms with van der Waals surface area (Å²) in [6.07, 6.45) is -6.15. The summed E-state index contributed by atoms with van der Waals surface area (Å²) in [4.78, 5) is 11.0. The van der Waals surface area contributed by atoms with Gasteiger partial charge in [-0.25, -0.2) is 14.4 Å². The number of pyridine rings is 1. The van der Waals surface area contributed by atoms with Crippen molar-refractivity contribution in [3.05, 3.63) is 71.6 Å². The average Bonchev–Trinajstić information content (AvgIpc) is 2.69. The van der Waals surface area contributed by atoms with Crippen molar-refractivity contribution in [1.82, 2.24) is 15.0 Å². The molecular formula is C18H11F7N6. The van der Waals surface area contributed by atoms with Gasteiger partial charge < -0.3 is 5.32 Å². The Labute approximate surface area is 169 Å². The van der Waals surface area contributed by atoms with Crippen LogP contribution in [0.5, 0.6) is 0 Å². The molecule has 2 N–H and O–H groups in total. The summed E-state index contributed by atoms with van der Waals surface area (Å²) >= 11 is 0. The zero-order valence-electron chi connectivity index (χ0n) is 15.1. The van der Waals surface area contributed by atoms with Gasteiger partial charge in [0.1, 0.15) is 23.7 Å². The van der Waals surface area contributed by atoms with Gasteiger partial charge in [-0.05, 0) is 30.3 Å². The number of nitrogens with one attached hydrogen (secondary N) is 2. The Hall–Kier alpha value is -3.77. The largest absolute Gasteiger partial charge is 0.433 e. The highest BCUT2D eigenvalue weighted by Crippen LogP contribution is 2.33. The molecule has 2 aromatic heterocycles. The third-order valence-corrected chi connectivity index (χ3v) is 3.68. The fourth-order valence-electron chi connectivity index (χ4n) is 2.28. The monoisotopic (exact) mass is 444 g/mol. The summed E-state index contributed by atoms with van der Waals surface area (Å²) in [6, 6.07) is 5.65. The fourth-order valence-corrected chi connectivity index (χ4v) is 2.28. The van der Waals surface area contributed by atoms with Crippen molar-refractivity contribution in [2.45, 2.75) is 12.4 Å². The standard InChI is InChI=1S/C18H11F7N6/c19-13-3-2-11(5-12(13)17(20,21)22)30-15-6-16(28-9-27-15)31-29-8-10-1-4-14(26-7-10)18(23,24)25/h1-9H,(H2,27,28,30,31)/b29-8+. The van der Waals surface area contributed by atoms with Gasteiger partial charge in [-0.3, -0.25) is 10.4 Å². The Balaban J connectivity index is 1.68. The molecule has 0 saturated carbocycles. The van der Waals surface area contributed by atoms with Gasteiger partial charge in [0.25, 0.3) is 0 Å². The third-order valence-electron chi connectivity index (χ3n) is 3.68.